The third kappa shape index (κ3) is 4.96. The molecule has 1 amide bonds. The minimum atomic E-state index is -0.00108. The van der Waals surface area contributed by atoms with Crippen LogP contribution in [-0.4, -0.2) is 47.2 Å². The van der Waals surface area contributed by atoms with Gasteiger partial charge in [-0.2, -0.15) is 0 Å². The van der Waals surface area contributed by atoms with Crippen LogP contribution in [0.3, 0.4) is 0 Å². The number of piperidine rings is 1. The van der Waals surface area contributed by atoms with E-state index in [0.29, 0.717) is 17.6 Å². The first-order valence-electron chi connectivity index (χ1n) is 9.72. The van der Waals surface area contributed by atoms with Crippen LogP contribution in [-0.2, 0) is 6.42 Å². The number of carbonyl (C=O) groups excluding carboxylic acids is 1. The maximum absolute atomic E-state index is 12.7. The number of benzene rings is 1. The van der Waals surface area contributed by atoms with E-state index in [1.54, 1.807) is 13.2 Å². The number of likely N-dealkylation sites (tertiary alicyclic amines) is 1. The van der Waals surface area contributed by atoms with Crippen molar-refractivity contribution in [2.75, 3.05) is 25.5 Å². The van der Waals surface area contributed by atoms with Gasteiger partial charge >= 0.3 is 0 Å². The predicted molar refractivity (Wildman–Crippen MR) is 106 cm³/mol. The Kier molecular flexibility index (Phi) is 6.63. The van der Waals surface area contributed by atoms with E-state index >= 15 is 0 Å². The number of nitrogens with zero attached hydrogens (tertiary/aromatic N) is 3. The van der Waals surface area contributed by atoms with Crippen molar-refractivity contribution in [2.45, 2.75) is 45.1 Å². The molecular weight excluding hydrogens is 340 g/mol. The summed E-state index contributed by atoms with van der Waals surface area (Å²) in [5.74, 6) is 1.54. The maximum Gasteiger partial charge on any atom is 0.274 e. The highest BCUT2D eigenvalue weighted by Crippen LogP contribution is 2.21. The summed E-state index contributed by atoms with van der Waals surface area (Å²) in [6, 6.07) is 12.0. The first kappa shape index (κ1) is 19.1. The molecule has 1 fully saturated rings. The van der Waals surface area contributed by atoms with E-state index in [1.165, 1.54) is 12.0 Å². The molecule has 0 aliphatic carbocycles. The SMILES string of the molecule is CCC1CCCCN1C(=O)c1ccc(NCCc2ccc(OC)cc2)nn1. The molecule has 1 aromatic heterocycles. The van der Waals surface area contributed by atoms with Gasteiger partial charge in [-0.25, -0.2) is 0 Å². The molecule has 6 nitrogen and oxygen atoms in total. The van der Waals surface area contributed by atoms with Gasteiger partial charge in [-0.1, -0.05) is 19.1 Å². The van der Waals surface area contributed by atoms with E-state index < -0.39 is 0 Å². The Hall–Kier alpha value is -2.63. The average Bonchev–Trinajstić information content (AvgIpc) is 2.74. The quantitative estimate of drug-likeness (QED) is 0.810. The third-order valence-electron chi connectivity index (χ3n) is 5.12. The number of carbonyl (C=O) groups is 1. The van der Waals surface area contributed by atoms with Gasteiger partial charge in [0.05, 0.1) is 7.11 Å². The summed E-state index contributed by atoms with van der Waals surface area (Å²) in [5.41, 5.74) is 1.65. The zero-order chi connectivity index (χ0) is 19.1. The van der Waals surface area contributed by atoms with E-state index in [4.69, 9.17) is 4.74 Å². The normalized spacial score (nSPS) is 16.8. The van der Waals surface area contributed by atoms with Crippen LogP contribution in [0.25, 0.3) is 0 Å². The fourth-order valence-electron chi connectivity index (χ4n) is 3.51. The van der Waals surface area contributed by atoms with Crippen molar-refractivity contribution >= 4 is 11.7 Å². The van der Waals surface area contributed by atoms with Crippen LogP contribution >= 0.6 is 0 Å². The average molecular weight is 368 g/mol. The summed E-state index contributed by atoms with van der Waals surface area (Å²) in [6.07, 6.45) is 5.22. The third-order valence-corrected chi connectivity index (χ3v) is 5.12. The number of nitrogens with one attached hydrogen (secondary N) is 1. The molecular formula is C21H28N4O2. The number of anilines is 1. The largest absolute Gasteiger partial charge is 0.497 e. The molecule has 0 radical (unpaired) electrons. The first-order valence-corrected chi connectivity index (χ1v) is 9.72. The van der Waals surface area contributed by atoms with E-state index in [2.05, 4.69) is 34.6 Å². The van der Waals surface area contributed by atoms with E-state index in [1.807, 2.05) is 23.1 Å². The van der Waals surface area contributed by atoms with Crippen molar-refractivity contribution < 1.29 is 9.53 Å². The lowest BCUT2D eigenvalue weighted by molar-refractivity contribution is 0.0601. The van der Waals surface area contributed by atoms with Crippen LogP contribution in [0.2, 0.25) is 0 Å². The molecule has 27 heavy (non-hydrogen) atoms. The second kappa shape index (κ2) is 9.35. The maximum atomic E-state index is 12.7. The second-order valence-corrected chi connectivity index (χ2v) is 6.89. The van der Waals surface area contributed by atoms with Crippen LogP contribution in [0.1, 0.15) is 48.7 Å². The van der Waals surface area contributed by atoms with Crippen molar-refractivity contribution in [3.05, 3.63) is 47.7 Å². The molecule has 1 aliphatic rings. The molecule has 0 spiro atoms. The Morgan fingerprint density at radius 1 is 1.19 bits per heavy atom. The molecule has 6 heteroatoms. The van der Waals surface area contributed by atoms with Gasteiger partial charge in [-0.15, -0.1) is 10.2 Å². The summed E-state index contributed by atoms with van der Waals surface area (Å²) >= 11 is 0. The summed E-state index contributed by atoms with van der Waals surface area (Å²) < 4.78 is 5.17. The molecule has 3 rings (SSSR count). The number of aromatic nitrogens is 2. The standard InChI is InChI=1S/C21H28N4O2/c1-3-17-6-4-5-15-25(17)21(26)19-11-12-20(24-23-19)22-14-13-16-7-9-18(27-2)10-8-16/h7-12,17H,3-6,13-15H2,1-2H3,(H,22,24). The van der Waals surface area contributed by atoms with Crippen molar-refractivity contribution in [2.24, 2.45) is 0 Å². The van der Waals surface area contributed by atoms with Crippen LogP contribution in [0.15, 0.2) is 36.4 Å². The van der Waals surface area contributed by atoms with Crippen LogP contribution in [0, 0.1) is 0 Å². The zero-order valence-electron chi connectivity index (χ0n) is 16.1. The molecule has 144 valence electrons. The van der Waals surface area contributed by atoms with Gasteiger partial charge in [0.2, 0.25) is 0 Å². The number of methoxy groups -OCH3 is 1. The number of hydrogen-bond donors (Lipinski definition) is 1. The van der Waals surface area contributed by atoms with E-state index in [-0.39, 0.29) is 5.91 Å². The molecule has 1 atom stereocenters. The minimum Gasteiger partial charge on any atom is -0.497 e. The highest BCUT2D eigenvalue weighted by Gasteiger charge is 2.27. The monoisotopic (exact) mass is 368 g/mol. The highest BCUT2D eigenvalue weighted by molar-refractivity contribution is 5.92. The molecule has 1 aromatic carbocycles. The van der Waals surface area contributed by atoms with Crippen molar-refractivity contribution in [1.82, 2.24) is 15.1 Å². The predicted octanol–water partition coefficient (Wildman–Crippen LogP) is 3.54. The summed E-state index contributed by atoms with van der Waals surface area (Å²) in [6.45, 7) is 3.71. The Morgan fingerprint density at radius 2 is 2.00 bits per heavy atom. The van der Waals surface area contributed by atoms with Gasteiger partial charge in [0.25, 0.3) is 5.91 Å². The smallest absolute Gasteiger partial charge is 0.274 e. The van der Waals surface area contributed by atoms with Crippen LogP contribution in [0.4, 0.5) is 5.82 Å². The number of rotatable bonds is 7. The van der Waals surface area contributed by atoms with Gasteiger partial charge in [0, 0.05) is 19.1 Å². The molecule has 1 saturated heterocycles. The Balaban J connectivity index is 1.52. The van der Waals surface area contributed by atoms with E-state index in [0.717, 1.165) is 44.5 Å². The number of amides is 1. The number of hydrogen-bond acceptors (Lipinski definition) is 5. The van der Waals surface area contributed by atoms with Crippen LogP contribution < -0.4 is 10.1 Å². The number of ether oxygens (including phenoxy) is 1. The summed E-state index contributed by atoms with van der Waals surface area (Å²) in [5, 5.41) is 11.6. The van der Waals surface area contributed by atoms with Gasteiger partial charge in [0.15, 0.2) is 5.69 Å². The van der Waals surface area contributed by atoms with Gasteiger partial charge in [-0.05, 0) is 61.9 Å². The Bertz CT molecular complexity index is 731. The van der Waals surface area contributed by atoms with Crippen molar-refractivity contribution in [1.29, 1.82) is 0 Å². The zero-order valence-corrected chi connectivity index (χ0v) is 16.1. The lowest BCUT2D eigenvalue weighted by atomic mass is 9.99. The van der Waals surface area contributed by atoms with Gasteiger partial charge in [0.1, 0.15) is 11.6 Å². The topological polar surface area (TPSA) is 67.4 Å². The van der Waals surface area contributed by atoms with Gasteiger partial charge < -0.3 is 15.0 Å². The molecule has 1 aliphatic heterocycles. The van der Waals surface area contributed by atoms with Crippen molar-refractivity contribution in [3.8, 4) is 5.75 Å². The molecule has 2 heterocycles. The lowest BCUT2D eigenvalue weighted by Crippen LogP contribution is -2.43. The minimum absolute atomic E-state index is 0.00108. The van der Waals surface area contributed by atoms with Crippen LogP contribution in [0.5, 0.6) is 5.75 Å². The fourth-order valence-corrected chi connectivity index (χ4v) is 3.51. The molecule has 2 aromatic rings. The molecule has 0 bridgehead atoms. The molecule has 1 unspecified atom stereocenters. The van der Waals surface area contributed by atoms with Gasteiger partial charge in [-0.3, -0.25) is 4.79 Å². The summed E-state index contributed by atoms with van der Waals surface area (Å²) in [4.78, 5) is 14.7. The molecule has 0 saturated carbocycles. The fraction of sp³-hybridized carbons (Fsp3) is 0.476. The highest BCUT2D eigenvalue weighted by atomic mass is 16.5. The Labute approximate surface area is 160 Å². The van der Waals surface area contributed by atoms with E-state index in [9.17, 15) is 4.79 Å². The first-order chi connectivity index (χ1) is 13.2. The summed E-state index contributed by atoms with van der Waals surface area (Å²) in [7, 11) is 1.66. The molecule has 1 N–H and O–H groups in total. The lowest BCUT2D eigenvalue weighted by Gasteiger charge is -2.34. The second-order valence-electron chi connectivity index (χ2n) is 6.89. The Morgan fingerprint density at radius 3 is 2.67 bits per heavy atom. The van der Waals surface area contributed by atoms with Crippen molar-refractivity contribution in [3.63, 3.8) is 0 Å².